The molecule has 3 heterocycles. The lowest BCUT2D eigenvalue weighted by molar-refractivity contribution is 0.223. The summed E-state index contributed by atoms with van der Waals surface area (Å²) in [5, 5.41) is 4.72. The minimum absolute atomic E-state index is 0.982. The minimum atomic E-state index is 0.982. The molecular weight excluding hydrogens is 298 g/mol. The fourth-order valence-electron chi connectivity index (χ4n) is 3.85. The van der Waals surface area contributed by atoms with Crippen molar-refractivity contribution in [2.24, 2.45) is 0 Å². The third-order valence-electron chi connectivity index (χ3n) is 5.11. The number of nitrogens with zero attached hydrogens (tertiary/aromatic N) is 5. The Morgan fingerprint density at radius 2 is 1.83 bits per heavy atom. The molecule has 0 bridgehead atoms. The summed E-state index contributed by atoms with van der Waals surface area (Å²) in [5.74, 6) is 0. The van der Waals surface area contributed by atoms with Crippen LogP contribution in [0.15, 0.2) is 12.5 Å². The number of likely N-dealkylation sites (tertiary alicyclic amines) is 1. The maximum Gasteiger partial charge on any atom is 0.0950 e. The normalized spacial score (nSPS) is 16.0. The van der Waals surface area contributed by atoms with Gasteiger partial charge < -0.3 is 9.47 Å². The van der Waals surface area contributed by atoms with Gasteiger partial charge in [-0.05, 0) is 59.2 Å². The molecule has 132 valence electrons. The van der Waals surface area contributed by atoms with Crippen molar-refractivity contribution in [1.29, 1.82) is 0 Å². The van der Waals surface area contributed by atoms with Crippen LogP contribution < -0.4 is 0 Å². The summed E-state index contributed by atoms with van der Waals surface area (Å²) >= 11 is 0. The van der Waals surface area contributed by atoms with Crippen molar-refractivity contribution >= 4 is 0 Å². The van der Waals surface area contributed by atoms with Gasteiger partial charge in [-0.15, -0.1) is 0 Å². The lowest BCUT2D eigenvalue weighted by atomic mass is 10.1. The van der Waals surface area contributed by atoms with E-state index in [2.05, 4.69) is 39.9 Å². The highest BCUT2D eigenvalue weighted by Gasteiger charge is 2.17. The van der Waals surface area contributed by atoms with Crippen molar-refractivity contribution in [2.45, 2.75) is 66.0 Å². The van der Waals surface area contributed by atoms with E-state index >= 15 is 0 Å². The first kappa shape index (κ1) is 17.2. The molecule has 0 saturated carbocycles. The van der Waals surface area contributed by atoms with Crippen LogP contribution in [0, 0.1) is 13.8 Å². The van der Waals surface area contributed by atoms with Crippen molar-refractivity contribution in [3.63, 3.8) is 0 Å². The zero-order valence-electron chi connectivity index (χ0n) is 15.5. The zero-order chi connectivity index (χ0) is 16.9. The van der Waals surface area contributed by atoms with Gasteiger partial charge in [0.05, 0.1) is 23.9 Å². The summed E-state index contributed by atoms with van der Waals surface area (Å²) in [7, 11) is 0. The minimum Gasteiger partial charge on any atom is -0.330 e. The second kappa shape index (κ2) is 7.97. The van der Waals surface area contributed by atoms with Gasteiger partial charge in [-0.2, -0.15) is 5.10 Å². The van der Waals surface area contributed by atoms with E-state index in [1.807, 2.05) is 12.5 Å². The van der Waals surface area contributed by atoms with Crippen LogP contribution in [0.4, 0.5) is 0 Å². The number of hydrogen-bond acceptors (Lipinski definition) is 3. The van der Waals surface area contributed by atoms with Crippen molar-refractivity contribution < 1.29 is 0 Å². The fraction of sp³-hybridized carbons (Fsp3) is 0.684. The van der Waals surface area contributed by atoms with Gasteiger partial charge >= 0.3 is 0 Å². The Hall–Kier alpha value is -1.62. The molecule has 1 aliphatic rings. The van der Waals surface area contributed by atoms with E-state index in [1.54, 1.807) is 0 Å². The molecule has 1 fully saturated rings. The fourth-order valence-corrected chi connectivity index (χ4v) is 3.85. The van der Waals surface area contributed by atoms with E-state index in [4.69, 9.17) is 5.10 Å². The highest BCUT2D eigenvalue weighted by atomic mass is 15.3. The molecule has 1 aliphatic heterocycles. The molecule has 24 heavy (non-hydrogen) atoms. The molecule has 0 N–H and O–H groups in total. The lowest BCUT2D eigenvalue weighted by Gasteiger charge is -2.26. The molecule has 2 aromatic heterocycles. The summed E-state index contributed by atoms with van der Waals surface area (Å²) in [4.78, 5) is 7.02. The first-order valence-electron chi connectivity index (χ1n) is 9.47. The average molecular weight is 329 g/mol. The number of piperidine rings is 1. The van der Waals surface area contributed by atoms with Crippen LogP contribution in [0.5, 0.6) is 0 Å². The largest absolute Gasteiger partial charge is 0.330 e. The van der Waals surface area contributed by atoms with Crippen LogP contribution in [0.1, 0.15) is 50.4 Å². The van der Waals surface area contributed by atoms with Crippen molar-refractivity contribution in [2.75, 3.05) is 19.6 Å². The van der Waals surface area contributed by atoms with Gasteiger partial charge in [0.2, 0.25) is 0 Å². The second-order valence-electron chi connectivity index (χ2n) is 7.00. The molecule has 0 amide bonds. The molecule has 3 rings (SSSR count). The summed E-state index contributed by atoms with van der Waals surface area (Å²) < 4.78 is 4.44. The van der Waals surface area contributed by atoms with E-state index in [0.29, 0.717) is 0 Å². The standard InChI is InChI=1S/C19H31N5/c1-4-9-24-17(3)19(16(2)21-24)18-14-20-15-23(18)13-8-12-22-10-6-5-7-11-22/h14-15H,4-13H2,1-3H3. The molecule has 5 nitrogen and oxygen atoms in total. The van der Waals surface area contributed by atoms with Gasteiger partial charge in [0.1, 0.15) is 0 Å². The maximum atomic E-state index is 4.72. The van der Waals surface area contributed by atoms with E-state index in [9.17, 15) is 0 Å². The van der Waals surface area contributed by atoms with Crippen molar-refractivity contribution in [1.82, 2.24) is 24.2 Å². The van der Waals surface area contributed by atoms with Crippen LogP contribution in [-0.4, -0.2) is 43.9 Å². The topological polar surface area (TPSA) is 38.9 Å². The maximum absolute atomic E-state index is 4.72. The van der Waals surface area contributed by atoms with Crippen LogP contribution >= 0.6 is 0 Å². The van der Waals surface area contributed by atoms with Gasteiger partial charge in [0, 0.05) is 24.3 Å². The molecule has 5 heteroatoms. The molecule has 2 aromatic rings. The predicted octanol–water partition coefficient (Wildman–Crippen LogP) is 3.65. The van der Waals surface area contributed by atoms with Gasteiger partial charge in [0.25, 0.3) is 0 Å². The van der Waals surface area contributed by atoms with E-state index in [0.717, 1.165) is 25.2 Å². The summed E-state index contributed by atoms with van der Waals surface area (Å²) in [6.45, 7) is 12.2. The third kappa shape index (κ3) is 3.72. The first-order valence-corrected chi connectivity index (χ1v) is 9.47. The first-order chi connectivity index (χ1) is 11.7. The molecular formula is C19H31N5. The monoisotopic (exact) mass is 329 g/mol. The third-order valence-corrected chi connectivity index (χ3v) is 5.11. The SMILES string of the molecule is CCCn1nc(C)c(-c2cncn2CCCN2CCCCC2)c1C. The lowest BCUT2D eigenvalue weighted by Crippen LogP contribution is -2.31. The number of aromatic nitrogens is 4. The highest BCUT2D eigenvalue weighted by molar-refractivity contribution is 5.64. The van der Waals surface area contributed by atoms with Gasteiger partial charge in [-0.25, -0.2) is 4.98 Å². The summed E-state index contributed by atoms with van der Waals surface area (Å²) in [6.07, 6.45) is 10.4. The molecule has 0 radical (unpaired) electrons. The molecule has 0 aromatic carbocycles. The number of imidazole rings is 1. The van der Waals surface area contributed by atoms with Crippen molar-refractivity contribution in [3.05, 3.63) is 23.9 Å². The molecule has 0 unspecified atom stereocenters. The molecule has 1 saturated heterocycles. The summed E-state index contributed by atoms with van der Waals surface area (Å²) in [6, 6.07) is 0. The van der Waals surface area contributed by atoms with Gasteiger partial charge in [-0.3, -0.25) is 4.68 Å². The molecule has 0 spiro atoms. The smallest absolute Gasteiger partial charge is 0.0950 e. The Labute approximate surface area is 145 Å². The van der Waals surface area contributed by atoms with Crippen molar-refractivity contribution in [3.8, 4) is 11.3 Å². The average Bonchev–Trinajstić information content (AvgIpc) is 3.13. The van der Waals surface area contributed by atoms with E-state index in [1.165, 1.54) is 62.3 Å². The number of aryl methyl sites for hydroxylation is 3. The summed E-state index contributed by atoms with van der Waals surface area (Å²) in [5.41, 5.74) is 4.84. The van der Waals surface area contributed by atoms with Crippen LogP contribution in [0.2, 0.25) is 0 Å². The van der Waals surface area contributed by atoms with Crippen LogP contribution in [0.3, 0.4) is 0 Å². The van der Waals surface area contributed by atoms with Gasteiger partial charge in [-0.1, -0.05) is 13.3 Å². The van der Waals surface area contributed by atoms with Crippen LogP contribution in [0.25, 0.3) is 11.3 Å². The highest BCUT2D eigenvalue weighted by Crippen LogP contribution is 2.27. The Morgan fingerprint density at radius 3 is 2.58 bits per heavy atom. The van der Waals surface area contributed by atoms with Crippen LogP contribution in [-0.2, 0) is 13.1 Å². The Kier molecular flexibility index (Phi) is 5.72. The second-order valence-corrected chi connectivity index (χ2v) is 7.00. The van der Waals surface area contributed by atoms with E-state index in [-0.39, 0.29) is 0 Å². The quantitative estimate of drug-likeness (QED) is 0.778. The number of rotatable bonds is 7. The zero-order valence-corrected chi connectivity index (χ0v) is 15.5. The Bertz CT molecular complexity index is 649. The Balaban J connectivity index is 1.69. The predicted molar refractivity (Wildman–Crippen MR) is 98.1 cm³/mol. The molecule has 0 aliphatic carbocycles. The van der Waals surface area contributed by atoms with Gasteiger partial charge in [0.15, 0.2) is 0 Å². The Morgan fingerprint density at radius 1 is 1.04 bits per heavy atom. The molecule has 0 atom stereocenters. The number of hydrogen-bond donors (Lipinski definition) is 0. The van der Waals surface area contributed by atoms with E-state index < -0.39 is 0 Å².